The Hall–Kier alpha value is -2.04. The van der Waals surface area contributed by atoms with Gasteiger partial charge in [0.25, 0.3) is 0 Å². The second kappa shape index (κ2) is 4.08. The second-order valence-corrected chi connectivity index (χ2v) is 4.32. The Kier molecular flexibility index (Phi) is 2.75. The van der Waals surface area contributed by atoms with Crippen molar-refractivity contribution in [2.75, 3.05) is 14.1 Å². The van der Waals surface area contributed by atoms with Crippen LogP contribution < -0.4 is 0 Å². The summed E-state index contributed by atoms with van der Waals surface area (Å²) < 4.78 is 0. The van der Waals surface area contributed by atoms with Crippen molar-refractivity contribution in [1.29, 1.82) is 0 Å². The molecule has 1 aromatic carbocycles. The van der Waals surface area contributed by atoms with Crippen LogP contribution in [-0.2, 0) is 13.1 Å². The van der Waals surface area contributed by atoms with E-state index in [1.807, 2.05) is 0 Å². The highest BCUT2D eigenvalue weighted by Crippen LogP contribution is 2.24. The van der Waals surface area contributed by atoms with Gasteiger partial charge in [-0.3, -0.25) is 0 Å². The van der Waals surface area contributed by atoms with Crippen LogP contribution in [-0.4, -0.2) is 41.0 Å². The molecule has 0 atom stereocenters. The number of aromatic carboxylic acids is 1. The molecule has 0 unspecified atom stereocenters. The Morgan fingerprint density at radius 1 is 1.24 bits per heavy atom. The van der Waals surface area contributed by atoms with E-state index >= 15 is 0 Å². The van der Waals surface area contributed by atoms with Gasteiger partial charge in [0.15, 0.2) is 0 Å². The summed E-state index contributed by atoms with van der Waals surface area (Å²) in [5.41, 5.74) is 2.20. The van der Waals surface area contributed by atoms with Crippen LogP contribution in [0.1, 0.15) is 21.5 Å². The number of carbonyl (C=O) groups excluding carboxylic acids is 1. The minimum absolute atomic E-state index is 0.0573. The number of benzene rings is 1. The Balaban J connectivity index is 2.22. The van der Waals surface area contributed by atoms with Gasteiger partial charge in [0, 0.05) is 27.2 Å². The summed E-state index contributed by atoms with van der Waals surface area (Å²) in [7, 11) is 3.40. The molecule has 0 aromatic heterocycles. The average molecular weight is 234 g/mol. The lowest BCUT2D eigenvalue weighted by Gasteiger charge is -2.20. The fraction of sp³-hybridized carbons (Fsp3) is 0.333. The minimum atomic E-state index is -0.940. The van der Waals surface area contributed by atoms with Gasteiger partial charge in [-0.25, -0.2) is 9.59 Å². The predicted molar refractivity (Wildman–Crippen MR) is 61.7 cm³/mol. The van der Waals surface area contributed by atoms with Crippen LogP contribution in [0, 0.1) is 0 Å². The van der Waals surface area contributed by atoms with Gasteiger partial charge in [-0.05, 0) is 23.3 Å². The normalized spacial score (nSPS) is 13.4. The molecule has 5 nitrogen and oxygen atoms in total. The molecular formula is C12H14N2O3. The van der Waals surface area contributed by atoms with E-state index in [0.29, 0.717) is 13.1 Å². The van der Waals surface area contributed by atoms with Gasteiger partial charge in [-0.15, -0.1) is 0 Å². The summed E-state index contributed by atoms with van der Waals surface area (Å²) >= 11 is 0. The number of urea groups is 1. The van der Waals surface area contributed by atoms with Crippen LogP contribution in [0.2, 0.25) is 0 Å². The van der Waals surface area contributed by atoms with E-state index < -0.39 is 5.97 Å². The lowest BCUT2D eigenvalue weighted by Crippen LogP contribution is -2.35. The molecule has 2 rings (SSSR count). The first kappa shape index (κ1) is 11.4. The van der Waals surface area contributed by atoms with Crippen LogP contribution in [0.4, 0.5) is 4.79 Å². The van der Waals surface area contributed by atoms with E-state index in [4.69, 9.17) is 5.11 Å². The van der Waals surface area contributed by atoms with Crippen molar-refractivity contribution in [2.24, 2.45) is 0 Å². The molecule has 0 saturated heterocycles. The van der Waals surface area contributed by atoms with E-state index in [9.17, 15) is 9.59 Å². The minimum Gasteiger partial charge on any atom is -0.478 e. The molecule has 2 amide bonds. The van der Waals surface area contributed by atoms with E-state index in [1.54, 1.807) is 37.2 Å². The van der Waals surface area contributed by atoms with Crippen LogP contribution in [0.5, 0.6) is 0 Å². The molecule has 0 spiro atoms. The standard InChI is InChI=1S/C12H14N2O3/c1-13(2)12(17)14-6-9-4-3-8(11(15)16)5-10(9)7-14/h3-5H,6-7H2,1-2H3,(H,15,16). The van der Waals surface area contributed by atoms with Crippen molar-refractivity contribution in [3.8, 4) is 0 Å². The van der Waals surface area contributed by atoms with E-state index in [2.05, 4.69) is 0 Å². The zero-order valence-corrected chi connectivity index (χ0v) is 9.80. The third-order valence-electron chi connectivity index (χ3n) is 2.83. The molecule has 1 aliphatic rings. The Labute approximate surface area is 99.3 Å². The van der Waals surface area contributed by atoms with Crippen molar-refractivity contribution < 1.29 is 14.7 Å². The molecule has 17 heavy (non-hydrogen) atoms. The van der Waals surface area contributed by atoms with Crippen molar-refractivity contribution in [1.82, 2.24) is 9.80 Å². The highest BCUT2D eigenvalue weighted by Gasteiger charge is 2.24. The highest BCUT2D eigenvalue weighted by molar-refractivity contribution is 5.88. The topological polar surface area (TPSA) is 60.9 Å². The lowest BCUT2D eigenvalue weighted by atomic mass is 10.1. The third kappa shape index (κ3) is 2.08. The van der Waals surface area contributed by atoms with Gasteiger partial charge in [0.1, 0.15) is 0 Å². The lowest BCUT2D eigenvalue weighted by molar-refractivity contribution is 0.0696. The summed E-state index contributed by atoms with van der Waals surface area (Å²) in [6.07, 6.45) is 0. The molecule has 0 radical (unpaired) electrons. The number of carbonyl (C=O) groups is 2. The number of fused-ring (bicyclic) bond motifs is 1. The van der Waals surface area contributed by atoms with Crippen LogP contribution in [0.15, 0.2) is 18.2 Å². The van der Waals surface area contributed by atoms with Crippen molar-refractivity contribution in [3.63, 3.8) is 0 Å². The van der Waals surface area contributed by atoms with Gasteiger partial charge in [0.05, 0.1) is 5.56 Å². The Morgan fingerprint density at radius 3 is 2.47 bits per heavy atom. The first-order chi connectivity index (χ1) is 7.99. The number of rotatable bonds is 1. The summed E-state index contributed by atoms with van der Waals surface area (Å²) in [6.45, 7) is 1.03. The summed E-state index contributed by atoms with van der Waals surface area (Å²) in [4.78, 5) is 25.8. The zero-order chi connectivity index (χ0) is 12.6. The third-order valence-corrected chi connectivity index (χ3v) is 2.83. The van der Waals surface area contributed by atoms with Crippen molar-refractivity contribution in [2.45, 2.75) is 13.1 Å². The van der Waals surface area contributed by atoms with Gasteiger partial charge in [0.2, 0.25) is 0 Å². The fourth-order valence-electron chi connectivity index (χ4n) is 1.95. The molecule has 1 heterocycles. The molecule has 0 saturated carbocycles. The zero-order valence-electron chi connectivity index (χ0n) is 9.80. The second-order valence-electron chi connectivity index (χ2n) is 4.32. The van der Waals surface area contributed by atoms with Crippen LogP contribution >= 0.6 is 0 Å². The summed E-state index contributed by atoms with van der Waals surface area (Å²) in [5.74, 6) is -0.940. The van der Waals surface area contributed by atoms with Gasteiger partial charge in [-0.2, -0.15) is 0 Å². The highest BCUT2D eigenvalue weighted by atomic mass is 16.4. The van der Waals surface area contributed by atoms with Crippen molar-refractivity contribution >= 4 is 12.0 Å². The maximum Gasteiger partial charge on any atom is 0.335 e. The molecule has 1 aliphatic heterocycles. The Bertz CT molecular complexity index is 483. The summed E-state index contributed by atoms with van der Waals surface area (Å²) in [5, 5.41) is 8.89. The van der Waals surface area contributed by atoms with Gasteiger partial charge < -0.3 is 14.9 Å². The number of carboxylic acid groups (broad SMARTS) is 1. The molecule has 90 valence electrons. The van der Waals surface area contributed by atoms with Crippen molar-refractivity contribution in [3.05, 3.63) is 34.9 Å². The molecule has 0 bridgehead atoms. The number of carboxylic acids is 1. The molecule has 1 N–H and O–H groups in total. The maximum atomic E-state index is 11.8. The average Bonchev–Trinajstić information content (AvgIpc) is 2.69. The monoisotopic (exact) mass is 234 g/mol. The molecule has 0 fully saturated rings. The number of amides is 2. The Morgan fingerprint density at radius 2 is 1.88 bits per heavy atom. The molecular weight excluding hydrogens is 220 g/mol. The fourth-order valence-corrected chi connectivity index (χ4v) is 1.95. The van der Waals surface area contributed by atoms with Crippen LogP contribution in [0.25, 0.3) is 0 Å². The largest absolute Gasteiger partial charge is 0.478 e. The smallest absolute Gasteiger partial charge is 0.335 e. The quantitative estimate of drug-likeness (QED) is 0.798. The molecule has 5 heteroatoms. The maximum absolute atomic E-state index is 11.8. The van der Waals surface area contributed by atoms with Crippen LogP contribution in [0.3, 0.4) is 0 Å². The first-order valence-electron chi connectivity index (χ1n) is 5.30. The van der Waals surface area contributed by atoms with E-state index in [0.717, 1.165) is 11.1 Å². The number of hydrogen-bond acceptors (Lipinski definition) is 2. The van der Waals surface area contributed by atoms with Gasteiger partial charge >= 0.3 is 12.0 Å². The molecule has 0 aliphatic carbocycles. The van der Waals surface area contributed by atoms with E-state index in [-0.39, 0.29) is 11.6 Å². The predicted octanol–water partition coefficient (Wildman–Crippen LogP) is 1.38. The first-order valence-corrected chi connectivity index (χ1v) is 5.30. The SMILES string of the molecule is CN(C)C(=O)N1Cc2ccc(C(=O)O)cc2C1. The number of hydrogen-bond donors (Lipinski definition) is 1. The molecule has 1 aromatic rings. The summed E-state index contributed by atoms with van der Waals surface area (Å²) in [6, 6.07) is 4.94. The van der Waals surface area contributed by atoms with Gasteiger partial charge in [-0.1, -0.05) is 6.07 Å². The number of nitrogens with zero attached hydrogens (tertiary/aromatic N) is 2. The van der Waals surface area contributed by atoms with E-state index in [1.165, 1.54) is 4.90 Å².